The lowest BCUT2D eigenvalue weighted by molar-refractivity contribution is 0.0735. The summed E-state index contributed by atoms with van der Waals surface area (Å²) < 4.78 is 5.54. The number of rotatable bonds is 8. The quantitative estimate of drug-likeness (QED) is 0.229. The molecule has 0 N–H and O–H groups in total. The molecule has 2 nitrogen and oxygen atoms in total. The van der Waals surface area contributed by atoms with Crippen LogP contribution < -0.4 is 4.74 Å². The van der Waals surface area contributed by atoms with E-state index in [1.165, 1.54) is 30.4 Å². The van der Waals surface area contributed by atoms with Gasteiger partial charge in [-0.05, 0) is 65.3 Å². The van der Waals surface area contributed by atoms with E-state index in [0.717, 1.165) is 17.5 Å². The Hall–Kier alpha value is -2.87. The molecule has 0 aliphatic heterocycles. The number of carbonyl (C=O) groups is 1. The molecular formula is C27H30O2. The molecule has 0 fully saturated rings. The normalized spacial score (nSPS) is 10.9. The van der Waals surface area contributed by atoms with Gasteiger partial charge in [0.25, 0.3) is 0 Å². The topological polar surface area (TPSA) is 26.3 Å². The van der Waals surface area contributed by atoms with Gasteiger partial charge in [-0.25, -0.2) is 4.79 Å². The summed E-state index contributed by atoms with van der Waals surface area (Å²) in [5.41, 5.74) is 5.44. The van der Waals surface area contributed by atoms with Gasteiger partial charge in [0.2, 0.25) is 0 Å². The number of hydrogen-bond donors (Lipinski definition) is 0. The molecule has 0 aliphatic rings. The molecule has 150 valence electrons. The molecule has 3 aromatic rings. The van der Waals surface area contributed by atoms with E-state index in [1.807, 2.05) is 48.5 Å². The highest BCUT2D eigenvalue weighted by Crippen LogP contribution is 2.25. The van der Waals surface area contributed by atoms with Crippen LogP contribution in [-0.2, 0) is 6.42 Å². The molecule has 0 heterocycles. The Morgan fingerprint density at radius 1 is 0.793 bits per heavy atom. The Balaban J connectivity index is 1.61. The van der Waals surface area contributed by atoms with E-state index in [2.05, 4.69) is 45.0 Å². The van der Waals surface area contributed by atoms with Crippen molar-refractivity contribution in [3.63, 3.8) is 0 Å². The standard InChI is InChI=1S/C27H30O2/c1-4-5-6-7-21-8-10-25(11-9-21)27(28)29-26-18-16-24(17-19-26)23-14-12-22(13-15-23)20(2)3/h8-20H,4-7H2,1-3H3. The summed E-state index contributed by atoms with van der Waals surface area (Å²) >= 11 is 0. The van der Waals surface area contributed by atoms with Crippen LogP contribution in [0.2, 0.25) is 0 Å². The van der Waals surface area contributed by atoms with Gasteiger partial charge in [-0.15, -0.1) is 0 Å². The van der Waals surface area contributed by atoms with Crippen molar-refractivity contribution in [2.45, 2.75) is 52.4 Å². The van der Waals surface area contributed by atoms with E-state index in [4.69, 9.17) is 4.74 Å². The summed E-state index contributed by atoms with van der Waals surface area (Å²) in [7, 11) is 0. The van der Waals surface area contributed by atoms with Gasteiger partial charge in [0.15, 0.2) is 0 Å². The maximum Gasteiger partial charge on any atom is 0.343 e. The monoisotopic (exact) mass is 386 g/mol. The van der Waals surface area contributed by atoms with Gasteiger partial charge < -0.3 is 4.74 Å². The van der Waals surface area contributed by atoms with E-state index in [9.17, 15) is 4.79 Å². The van der Waals surface area contributed by atoms with E-state index < -0.39 is 0 Å². The smallest absolute Gasteiger partial charge is 0.343 e. The number of ether oxygens (including phenoxy) is 1. The number of benzene rings is 3. The van der Waals surface area contributed by atoms with Crippen LogP contribution in [0.3, 0.4) is 0 Å². The molecule has 0 bridgehead atoms. The summed E-state index contributed by atoms with van der Waals surface area (Å²) in [6, 6.07) is 24.0. The molecule has 0 unspecified atom stereocenters. The molecule has 0 saturated carbocycles. The van der Waals surface area contributed by atoms with Gasteiger partial charge in [-0.1, -0.05) is 82.1 Å². The second kappa shape index (κ2) is 10.1. The van der Waals surface area contributed by atoms with Crippen LogP contribution in [-0.4, -0.2) is 5.97 Å². The maximum atomic E-state index is 12.4. The third kappa shape index (κ3) is 5.80. The number of aryl methyl sites for hydroxylation is 1. The molecule has 0 aliphatic carbocycles. The minimum absolute atomic E-state index is 0.320. The number of carbonyl (C=O) groups excluding carboxylic acids is 1. The lowest BCUT2D eigenvalue weighted by Crippen LogP contribution is -2.08. The zero-order valence-corrected chi connectivity index (χ0v) is 17.7. The predicted molar refractivity (Wildman–Crippen MR) is 121 cm³/mol. The first kappa shape index (κ1) is 20.9. The van der Waals surface area contributed by atoms with Crippen LogP contribution in [0.25, 0.3) is 11.1 Å². The second-order valence-electron chi connectivity index (χ2n) is 7.84. The number of hydrogen-bond acceptors (Lipinski definition) is 2. The first-order chi connectivity index (χ1) is 14.1. The van der Waals surface area contributed by atoms with E-state index in [1.54, 1.807) is 0 Å². The van der Waals surface area contributed by atoms with Crippen molar-refractivity contribution in [3.8, 4) is 16.9 Å². The zero-order valence-electron chi connectivity index (χ0n) is 17.7. The lowest BCUT2D eigenvalue weighted by atomic mass is 9.99. The molecule has 0 atom stereocenters. The van der Waals surface area contributed by atoms with E-state index in [-0.39, 0.29) is 5.97 Å². The van der Waals surface area contributed by atoms with E-state index in [0.29, 0.717) is 17.2 Å². The van der Waals surface area contributed by atoms with Crippen molar-refractivity contribution in [2.75, 3.05) is 0 Å². The lowest BCUT2D eigenvalue weighted by Gasteiger charge is -2.09. The summed E-state index contributed by atoms with van der Waals surface area (Å²) in [5, 5.41) is 0. The highest BCUT2D eigenvalue weighted by atomic mass is 16.5. The van der Waals surface area contributed by atoms with Crippen LogP contribution in [0.4, 0.5) is 0 Å². The fourth-order valence-corrected chi connectivity index (χ4v) is 3.33. The average molecular weight is 387 g/mol. The average Bonchev–Trinajstić information content (AvgIpc) is 2.75. The fourth-order valence-electron chi connectivity index (χ4n) is 3.33. The molecule has 0 amide bonds. The Morgan fingerprint density at radius 2 is 1.38 bits per heavy atom. The predicted octanol–water partition coefficient (Wildman–Crippen LogP) is 7.43. The van der Waals surface area contributed by atoms with Gasteiger partial charge in [0.05, 0.1) is 5.56 Å². The second-order valence-corrected chi connectivity index (χ2v) is 7.84. The SMILES string of the molecule is CCCCCc1ccc(C(=O)Oc2ccc(-c3ccc(C(C)C)cc3)cc2)cc1. The van der Waals surface area contributed by atoms with Gasteiger partial charge in [0.1, 0.15) is 5.75 Å². The third-order valence-electron chi connectivity index (χ3n) is 5.23. The van der Waals surface area contributed by atoms with Crippen molar-refractivity contribution >= 4 is 5.97 Å². The van der Waals surface area contributed by atoms with Gasteiger partial charge in [-0.2, -0.15) is 0 Å². The number of esters is 1. The Bertz CT molecular complexity index is 904. The van der Waals surface area contributed by atoms with Crippen LogP contribution >= 0.6 is 0 Å². The third-order valence-corrected chi connectivity index (χ3v) is 5.23. The van der Waals surface area contributed by atoms with Gasteiger partial charge >= 0.3 is 5.97 Å². The summed E-state index contributed by atoms with van der Waals surface area (Å²) in [6.45, 7) is 6.59. The van der Waals surface area contributed by atoms with Crippen molar-refractivity contribution in [3.05, 3.63) is 89.5 Å². The largest absolute Gasteiger partial charge is 0.423 e. The molecule has 3 rings (SSSR count). The molecular weight excluding hydrogens is 356 g/mol. The maximum absolute atomic E-state index is 12.4. The molecule has 3 aromatic carbocycles. The van der Waals surface area contributed by atoms with E-state index >= 15 is 0 Å². The minimum atomic E-state index is -0.320. The summed E-state index contributed by atoms with van der Waals surface area (Å²) in [5.74, 6) is 0.764. The fraction of sp³-hybridized carbons (Fsp3) is 0.296. The van der Waals surface area contributed by atoms with Crippen molar-refractivity contribution in [2.24, 2.45) is 0 Å². The molecule has 0 saturated heterocycles. The van der Waals surface area contributed by atoms with Crippen molar-refractivity contribution in [1.29, 1.82) is 0 Å². The van der Waals surface area contributed by atoms with Gasteiger partial charge in [-0.3, -0.25) is 0 Å². The first-order valence-electron chi connectivity index (χ1n) is 10.6. The van der Waals surface area contributed by atoms with Crippen molar-refractivity contribution < 1.29 is 9.53 Å². The highest BCUT2D eigenvalue weighted by Gasteiger charge is 2.09. The Labute approximate surface area is 174 Å². The molecule has 0 radical (unpaired) electrons. The van der Waals surface area contributed by atoms with Crippen LogP contribution in [0.15, 0.2) is 72.8 Å². The van der Waals surface area contributed by atoms with Crippen LogP contribution in [0.5, 0.6) is 5.75 Å². The Morgan fingerprint density at radius 3 is 1.93 bits per heavy atom. The first-order valence-corrected chi connectivity index (χ1v) is 10.6. The van der Waals surface area contributed by atoms with Crippen molar-refractivity contribution in [1.82, 2.24) is 0 Å². The van der Waals surface area contributed by atoms with Gasteiger partial charge in [0, 0.05) is 0 Å². The molecule has 2 heteroatoms. The Kier molecular flexibility index (Phi) is 7.24. The number of unbranched alkanes of at least 4 members (excludes halogenated alkanes) is 2. The van der Waals surface area contributed by atoms with Crippen LogP contribution in [0, 0.1) is 0 Å². The molecule has 0 aromatic heterocycles. The zero-order chi connectivity index (χ0) is 20.6. The molecule has 0 spiro atoms. The minimum Gasteiger partial charge on any atom is -0.423 e. The molecule has 29 heavy (non-hydrogen) atoms. The summed E-state index contributed by atoms with van der Waals surface area (Å²) in [4.78, 5) is 12.4. The van der Waals surface area contributed by atoms with Crippen LogP contribution in [0.1, 0.15) is 67.4 Å². The summed E-state index contributed by atoms with van der Waals surface area (Å²) in [6.07, 6.45) is 4.70. The highest BCUT2D eigenvalue weighted by molar-refractivity contribution is 5.91.